The first kappa shape index (κ1) is 21.0. The van der Waals surface area contributed by atoms with Gasteiger partial charge in [-0.25, -0.2) is 0 Å². The van der Waals surface area contributed by atoms with Crippen molar-refractivity contribution in [2.45, 2.75) is 24.9 Å². The number of hydroxylamine groups is 2. The monoisotopic (exact) mass is 408 g/mol. The van der Waals surface area contributed by atoms with Gasteiger partial charge >= 0.3 is 139 Å². The van der Waals surface area contributed by atoms with Crippen molar-refractivity contribution in [3.8, 4) is 0 Å². The van der Waals surface area contributed by atoms with Gasteiger partial charge in [-0.1, -0.05) is 0 Å². The van der Waals surface area contributed by atoms with Crippen LogP contribution < -0.4 is 11.0 Å². The maximum atomic E-state index is 11.6. The molecular weight excluding hydrogens is 387 g/mol. The van der Waals surface area contributed by atoms with Crippen LogP contribution in [0.25, 0.3) is 0 Å². The van der Waals surface area contributed by atoms with E-state index in [4.69, 9.17) is 18.1 Å². The third-order valence-corrected chi connectivity index (χ3v) is 4.60. The second kappa shape index (κ2) is 13.6. The Balaban J connectivity index is 4.04. The Bertz CT molecular complexity index is 285. The molecule has 0 unspecified atom stereocenters. The SMILES string of the molecule is CSCC[C@H](NO)C(=O)O[Se]OC(=O)[C@H](CCSC)NO. The first-order valence-corrected chi connectivity index (χ1v) is 10.1. The van der Waals surface area contributed by atoms with Crippen LogP contribution >= 0.6 is 23.5 Å². The second-order valence-electron chi connectivity index (χ2n) is 3.80. The summed E-state index contributed by atoms with van der Waals surface area (Å²) in [6, 6.07) is -1.69. The van der Waals surface area contributed by atoms with Gasteiger partial charge in [0, 0.05) is 0 Å². The summed E-state index contributed by atoms with van der Waals surface area (Å²) in [4.78, 5) is 23.2. The molecule has 0 bridgehead atoms. The fourth-order valence-electron chi connectivity index (χ4n) is 1.14. The van der Waals surface area contributed by atoms with Crippen LogP contribution in [0.4, 0.5) is 0 Å². The summed E-state index contributed by atoms with van der Waals surface area (Å²) in [5.41, 5.74) is 3.73. The number of carbonyl (C=O) groups is 2. The van der Waals surface area contributed by atoms with Gasteiger partial charge in [-0.15, -0.1) is 0 Å². The van der Waals surface area contributed by atoms with Crippen LogP contribution in [0.3, 0.4) is 0 Å². The number of rotatable bonds is 12. The second-order valence-corrected chi connectivity index (χ2v) is 6.76. The Kier molecular flexibility index (Phi) is 13.6. The topological polar surface area (TPSA) is 117 Å². The fourth-order valence-corrected chi connectivity index (χ4v) is 2.92. The minimum atomic E-state index is -1.14. The van der Waals surface area contributed by atoms with E-state index in [9.17, 15) is 9.59 Å². The number of nitrogens with one attached hydrogen (secondary N) is 2. The molecule has 0 aromatic heterocycles. The van der Waals surface area contributed by atoms with E-state index in [2.05, 4.69) is 0 Å². The summed E-state index contributed by atoms with van der Waals surface area (Å²) in [5.74, 6) is -0.0229. The number of carbonyl (C=O) groups excluding carboxylic acids is 2. The van der Waals surface area contributed by atoms with Crippen molar-refractivity contribution in [1.29, 1.82) is 0 Å². The van der Waals surface area contributed by atoms with Gasteiger partial charge < -0.3 is 0 Å². The molecule has 0 heterocycles. The van der Waals surface area contributed by atoms with Crippen molar-refractivity contribution >= 4 is 51.1 Å². The first-order valence-electron chi connectivity index (χ1n) is 5.96. The van der Waals surface area contributed by atoms with Crippen molar-refractivity contribution in [2.75, 3.05) is 24.0 Å². The predicted octanol–water partition coefficient (Wildman–Crippen LogP) is -0.192. The Morgan fingerprint density at radius 3 is 1.67 bits per heavy atom. The van der Waals surface area contributed by atoms with E-state index in [0.717, 1.165) is 0 Å². The zero-order valence-corrected chi connectivity index (χ0v) is 15.1. The zero-order chi connectivity index (χ0) is 16.1. The summed E-state index contributed by atoms with van der Waals surface area (Å²) < 4.78 is 9.59. The van der Waals surface area contributed by atoms with E-state index in [-0.39, 0.29) is 0 Å². The van der Waals surface area contributed by atoms with Crippen molar-refractivity contribution < 1.29 is 27.6 Å². The molecule has 2 atom stereocenters. The Labute approximate surface area is 138 Å². The van der Waals surface area contributed by atoms with Crippen molar-refractivity contribution in [1.82, 2.24) is 11.0 Å². The third kappa shape index (κ3) is 9.59. The average molecular weight is 407 g/mol. The van der Waals surface area contributed by atoms with Gasteiger partial charge in [-0.05, 0) is 0 Å². The summed E-state index contributed by atoms with van der Waals surface area (Å²) in [7, 11) is 0. The van der Waals surface area contributed by atoms with E-state index in [0.29, 0.717) is 24.3 Å². The Morgan fingerprint density at radius 2 is 1.38 bits per heavy atom. The molecule has 0 aromatic rings. The van der Waals surface area contributed by atoms with Gasteiger partial charge in [0.05, 0.1) is 0 Å². The summed E-state index contributed by atoms with van der Waals surface area (Å²) in [6.45, 7) is 0. The molecule has 0 saturated heterocycles. The summed E-state index contributed by atoms with van der Waals surface area (Å²) >= 11 is 1.92. The van der Waals surface area contributed by atoms with Crippen LogP contribution in [-0.4, -0.2) is 74.1 Å². The molecule has 0 aliphatic heterocycles. The maximum absolute atomic E-state index is 11.6. The van der Waals surface area contributed by atoms with Crippen LogP contribution in [0.15, 0.2) is 0 Å². The Hall–Kier alpha value is -0.000519. The van der Waals surface area contributed by atoms with E-state index in [1.807, 2.05) is 23.5 Å². The van der Waals surface area contributed by atoms with Crippen LogP contribution in [0, 0.1) is 0 Å². The number of hydrogen-bond acceptors (Lipinski definition) is 10. The van der Waals surface area contributed by atoms with Crippen LogP contribution in [-0.2, 0) is 17.2 Å². The standard InChI is InChI=1S/C10H20N2O6S2Se/c1-19-5-3-7(11-15)9(13)17-21-18-10(14)8(12-16)4-6-20-2/h7-8,11-12,15-16H,3-6H2,1-2H3/t7-,8-/m0/s1. The quantitative estimate of drug-likeness (QED) is 0.256. The molecule has 0 radical (unpaired) electrons. The third-order valence-electron chi connectivity index (χ3n) is 2.33. The van der Waals surface area contributed by atoms with Crippen molar-refractivity contribution in [2.24, 2.45) is 0 Å². The minimum absolute atomic E-state index is 0.398. The predicted molar refractivity (Wildman–Crippen MR) is 81.4 cm³/mol. The normalized spacial score (nSPS) is 13.5. The molecule has 0 aromatic carbocycles. The molecule has 8 nitrogen and oxygen atoms in total. The van der Waals surface area contributed by atoms with Crippen LogP contribution in [0.1, 0.15) is 12.8 Å². The van der Waals surface area contributed by atoms with E-state index >= 15 is 0 Å². The molecule has 4 N–H and O–H groups in total. The van der Waals surface area contributed by atoms with E-state index in [1.165, 1.54) is 23.5 Å². The first-order chi connectivity index (χ1) is 10.1. The van der Waals surface area contributed by atoms with Gasteiger partial charge in [0.15, 0.2) is 0 Å². The number of thioether (sulfide) groups is 2. The Morgan fingerprint density at radius 1 is 1.00 bits per heavy atom. The van der Waals surface area contributed by atoms with E-state index < -0.39 is 39.6 Å². The van der Waals surface area contributed by atoms with Gasteiger partial charge in [0.1, 0.15) is 0 Å². The summed E-state index contributed by atoms with van der Waals surface area (Å²) in [6.07, 6.45) is 4.55. The van der Waals surface area contributed by atoms with Gasteiger partial charge in [0.2, 0.25) is 0 Å². The van der Waals surface area contributed by atoms with Gasteiger partial charge in [-0.3, -0.25) is 0 Å². The van der Waals surface area contributed by atoms with Gasteiger partial charge in [0.25, 0.3) is 0 Å². The van der Waals surface area contributed by atoms with Crippen LogP contribution in [0.2, 0.25) is 0 Å². The number of hydrogen-bond donors (Lipinski definition) is 4. The molecule has 0 fully saturated rings. The van der Waals surface area contributed by atoms with Crippen molar-refractivity contribution in [3.63, 3.8) is 0 Å². The summed E-state index contributed by atoms with van der Waals surface area (Å²) in [5, 5.41) is 17.7. The molecule has 11 heteroatoms. The molecule has 0 saturated carbocycles. The molecule has 0 spiro atoms. The zero-order valence-electron chi connectivity index (χ0n) is 11.7. The fraction of sp³-hybridized carbons (Fsp3) is 0.800. The van der Waals surface area contributed by atoms with Crippen LogP contribution in [0.5, 0.6) is 0 Å². The molecular formula is C10H20N2O6S2Se. The average Bonchev–Trinajstić information content (AvgIpc) is 2.48. The molecule has 0 rings (SSSR count). The molecule has 124 valence electrons. The van der Waals surface area contributed by atoms with Crippen molar-refractivity contribution in [3.05, 3.63) is 0 Å². The molecule has 0 aliphatic rings. The van der Waals surface area contributed by atoms with Gasteiger partial charge in [-0.2, -0.15) is 0 Å². The molecule has 21 heavy (non-hydrogen) atoms. The molecule has 0 amide bonds. The molecule has 0 aliphatic carbocycles. The van der Waals surface area contributed by atoms with E-state index in [1.54, 1.807) is 0 Å².